The van der Waals surface area contributed by atoms with E-state index >= 15 is 0 Å². The summed E-state index contributed by atoms with van der Waals surface area (Å²) >= 11 is 0. The number of piperazine rings is 1. The molecule has 2 heterocycles. The van der Waals surface area contributed by atoms with Crippen LogP contribution in [0.4, 0.5) is 4.79 Å². The van der Waals surface area contributed by atoms with E-state index in [-0.39, 0.29) is 23.8 Å². The van der Waals surface area contributed by atoms with Gasteiger partial charge in [-0.3, -0.25) is 19.4 Å². The molecule has 0 aromatic heterocycles. The number of hydrogen-bond acceptors (Lipinski definition) is 4. The van der Waals surface area contributed by atoms with Crippen molar-refractivity contribution in [1.82, 2.24) is 20.0 Å². The molecule has 1 N–H and O–H groups in total. The Hall–Kier alpha value is -2.41. The fraction of sp³-hybridized carbons (Fsp3) is 0.625. The minimum atomic E-state index is -0.854. The van der Waals surface area contributed by atoms with Crippen LogP contribution >= 0.6 is 0 Å². The fourth-order valence-corrected chi connectivity index (χ4v) is 5.88. The second-order valence-corrected chi connectivity index (χ2v) is 10.4. The van der Waals surface area contributed by atoms with E-state index < -0.39 is 11.6 Å². The van der Waals surface area contributed by atoms with Gasteiger partial charge >= 0.3 is 6.03 Å². The van der Waals surface area contributed by atoms with Gasteiger partial charge in [0, 0.05) is 32.7 Å². The highest BCUT2D eigenvalue weighted by molar-refractivity contribution is 6.09. The van der Waals surface area contributed by atoms with Gasteiger partial charge in [0.15, 0.2) is 0 Å². The molecule has 7 heteroatoms. The lowest BCUT2D eigenvalue weighted by molar-refractivity contribution is -0.141. The van der Waals surface area contributed by atoms with Crippen LogP contribution in [0.15, 0.2) is 30.3 Å². The Bertz CT molecular complexity index is 848. The summed E-state index contributed by atoms with van der Waals surface area (Å²) in [4.78, 5) is 44.1. The number of rotatable bonds is 4. The summed E-state index contributed by atoms with van der Waals surface area (Å²) in [6, 6.07) is 9.87. The van der Waals surface area contributed by atoms with Gasteiger partial charge in [-0.25, -0.2) is 4.79 Å². The highest BCUT2D eigenvalue weighted by Gasteiger charge is 2.56. The summed E-state index contributed by atoms with van der Waals surface area (Å²) in [5.74, 6) is -0.0300. The third kappa shape index (κ3) is 4.61. The molecule has 2 atom stereocenters. The first-order chi connectivity index (χ1) is 14.7. The molecule has 0 bridgehead atoms. The third-order valence-electron chi connectivity index (χ3n) is 6.89. The molecule has 1 aromatic carbocycles. The number of urea groups is 1. The zero-order valence-electron chi connectivity index (χ0n) is 18.9. The average Bonchev–Trinajstić information content (AvgIpc) is 2.91. The van der Waals surface area contributed by atoms with Gasteiger partial charge < -0.3 is 10.2 Å². The SMILES string of the molecule is CC1CC(C)(C)CC2(C1)NC(=O)N(CC(=O)N1CCN(Cc3ccccc3)CC1)C2=O. The molecule has 168 valence electrons. The molecule has 31 heavy (non-hydrogen) atoms. The van der Waals surface area contributed by atoms with Gasteiger partial charge in [0.25, 0.3) is 5.91 Å². The molecule has 1 spiro atoms. The minimum absolute atomic E-state index is 0.0181. The van der Waals surface area contributed by atoms with Crippen LogP contribution in [0.1, 0.15) is 45.6 Å². The number of carbonyl (C=O) groups excluding carboxylic acids is 3. The molecular weight excluding hydrogens is 392 g/mol. The van der Waals surface area contributed by atoms with E-state index in [1.54, 1.807) is 4.90 Å². The standard InChI is InChI=1S/C24H34N4O3/c1-18-13-23(2,3)17-24(14-18)21(30)28(22(31)25-24)16-20(29)27-11-9-26(10-12-27)15-19-7-5-4-6-8-19/h4-8,18H,9-17H2,1-3H3,(H,25,31). The lowest BCUT2D eigenvalue weighted by Gasteiger charge is -2.43. The predicted molar refractivity (Wildman–Crippen MR) is 118 cm³/mol. The van der Waals surface area contributed by atoms with Crippen molar-refractivity contribution in [3.05, 3.63) is 35.9 Å². The summed E-state index contributed by atoms with van der Waals surface area (Å²) in [6.45, 7) is 9.93. The maximum atomic E-state index is 13.3. The number of nitrogens with zero attached hydrogens (tertiary/aromatic N) is 3. The van der Waals surface area contributed by atoms with Crippen molar-refractivity contribution < 1.29 is 14.4 Å². The number of nitrogens with one attached hydrogen (secondary N) is 1. The number of imide groups is 1. The lowest BCUT2D eigenvalue weighted by Crippen LogP contribution is -2.55. The smallest absolute Gasteiger partial charge is 0.325 e. The molecule has 1 aromatic rings. The molecule has 2 saturated heterocycles. The number of benzene rings is 1. The van der Waals surface area contributed by atoms with Gasteiger partial charge in [-0.2, -0.15) is 0 Å². The number of amides is 4. The van der Waals surface area contributed by atoms with Crippen LogP contribution in [-0.2, 0) is 16.1 Å². The van der Waals surface area contributed by atoms with E-state index in [2.05, 4.69) is 43.1 Å². The first kappa shape index (κ1) is 21.8. The van der Waals surface area contributed by atoms with Gasteiger partial charge in [-0.05, 0) is 36.2 Å². The molecule has 4 rings (SSSR count). The summed E-state index contributed by atoms with van der Waals surface area (Å²) in [5, 5.41) is 2.96. The number of hydrogen-bond donors (Lipinski definition) is 1. The van der Waals surface area contributed by atoms with Gasteiger partial charge in [-0.15, -0.1) is 0 Å². The van der Waals surface area contributed by atoms with Gasteiger partial charge in [0.2, 0.25) is 5.91 Å². The molecule has 0 radical (unpaired) electrons. The van der Waals surface area contributed by atoms with Crippen molar-refractivity contribution in [2.45, 2.75) is 52.1 Å². The van der Waals surface area contributed by atoms with E-state index in [0.29, 0.717) is 31.8 Å². The minimum Gasteiger partial charge on any atom is -0.339 e. The summed E-state index contributed by atoms with van der Waals surface area (Å²) < 4.78 is 0. The van der Waals surface area contributed by atoms with Crippen molar-refractivity contribution >= 4 is 17.8 Å². The molecule has 4 amide bonds. The molecular formula is C24H34N4O3. The Balaban J connectivity index is 1.34. The Kier molecular flexibility index (Phi) is 5.81. The zero-order chi connectivity index (χ0) is 22.2. The van der Waals surface area contributed by atoms with Crippen LogP contribution in [0.2, 0.25) is 0 Å². The van der Waals surface area contributed by atoms with E-state index in [1.807, 2.05) is 18.2 Å². The maximum Gasteiger partial charge on any atom is 0.325 e. The largest absolute Gasteiger partial charge is 0.339 e. The Morgan fingerprint density at radius 2 is 1.74 bits per heavy atom. The van der Waals surface area contributed by atoms with Crippen LogP contribution in [0.3, 0.4) is 0 Å². The molecule has 1 saturated carbocycles. The molecule has 2 aliphatic heterocycles. The molecule has 3 fully saturated rings. The topological polar surface area (TPSA) is 73.0 Å². The molecule has 1 aliphatic carbocycles. The van der Waals surface area contributed by atoms with Crippen LogP contribution in [0.25, 0.3) is 0 Å². The summed E-state index contributed by atoms with van der Waals surface area (Å²) in [6.07, 6.45) is 2.30. The van der Waals surface area contributed by atoms with Gasteiger partial charge in [0.1, 0.15) is 12.1 Å². The Morgan fingerprint density at radius 3 is 2.39 bits per heavy atom. The average molecular weight is 427 g/mol. The highest BCUT2D eigenvalue weighted by Crippen LogP contribution is 2.46. The third-order valence-corrected chi connectivity index (χ3v) is 6.89. The van der Waals surface area contributed by atoms with Crippen molar-refractivity contribution in [1.29, 1.82) is 0 Å². The van der Waals surface area contributed by atoms with E-state index in [9.17, 15) is 14.4 Å². The second-order valence-electron chi connectivity index (χ2n) is 10.4. The van der Waals surface area contributed by atoms with E-state index in [1.165, 1.54) is 5.56 Å². The van der Waals surface area contributed by atoms with Crippen LogP contribution in [-0.4, -0.2) is 70.8 Å². The lowest BCUT2D eigenvalue weighted by atomic mass is 9.64. The predicted octanol–water partition coefficient (Wildman–Crippen LogP) is 2.47. The normalized spacial score (nSPS) is 28.8. The van der Waals surface area contributed by atoms with Gasteiger partial charge in [0.05, 0.1) is 0 Å². The van der Waals surface area contributed by atoms with Crippen LogP contribution in [0.5, 0.6) is 0 Å². The first-order valence-corrected chi connectivity index (χ1v) is 11.4. The highest BCUT2D eigenvalue weighted by atomic mass is 16.2. The van der Waals surface area contributed by atoms with E-state index in [0.717, 1.165) is 31.0 Å². The Labute approximate surface area is 184 Å². The monoisotopic (exact) mass is 426 g/mol. The Morgan fingerprint density at radius 1 is 1.06 bits per heavy atom. The van der Waals surface area contributed by atoms with E-state index in [4.69, 9.17) is 0 Å². The maximum absolute atomic E-state index is 13.3. The van der Waals surface area contributed by atoms with Crippen LogP contribution in [0, 0.1) is 11.3 Å². The zero-order valence-corrected chi connectivity index (χ0v) is 18.9. The summed E-state index contributed by atoms with van der Waals surface area (Å²) in [5.41, 5.74) is 0.388. The quantitative estimate of drug-likeness (QED) is 0.751. The molecule has 2 unspecified atom stereocenters. The van der Waals surface area contributed by atoms with Crippen molar-refractivity contribution in [3.63, 3.8) is 0 Å². The first-order valence-electron chi connectivity index (χ1n) is 11.4. The van der Waals surface area contributed by atoms with Crippen molar-refractivity contribution in [3.8, 4) is 0 Å². The second kappa shape index (κ2) is 8.26. The molecule has 3 aliphatic rings. The van der Waals surface area contributed by atoms with Crippen molar-refractivity contribution in [2.24, 2.45) is 11.3 Å². The van der Waals surface area contributed by atoms with Crippen LogP contribution < -0.4 is 5.32 Å². The van der Waals surface area contributed by atoms with Crippen molar-refractivity contribution in [2.75, 3.05) is 32.7 Å². The van der Waals surface area contributed by atoms with Gasteiger partial charge in [-0.1, -0.05) is 51.1 Å². The summed E-state index contributed by atoms with van der Waals surface area (Å²) in [7, 11) is 0. The molecule has 7 nitrogen and oxygen atoms in total. The number of carbonyl (C=O) groups is 3. The fourth-order valence-electron chi connectivity index (χ4n) is 5.88.